The molecule has 0 radical (unpaired) electrons. The highest BCUT2D eigenvalue weighted by Gasteiger charge is 2.09. The Kier molecular flexibility index (Phi) is 3.30. The van der Waals surface area contributed by atoms with Gasteiger partial charge in [0.1, 0.15) is 0 Å². The molecule has 2 aromatic carbocycles. The number of rotatable bonds is 2. The molecule has 0 atom stereocenters. The van der Waals surface area contributed by atoms with Gasteiger partial charge in [-0.3, -0.25) is 4.98 Å². The van der Waals surface area contributed by atoms with E-state index in [-0.39, 0.29) is 0 Å². The minimum atomic E-state index is 0.743. The zero-order chi connectivity index (χ0) is 13.1. The molecule has 0 fully saturated rings. The maximum Gasteiger partial charge on any atom is 0.0717 e. The van der Waals surface area contributed by atoms with Crippen molar-refractivity contribution in [2.45, 2.75) is 0 Å². The lowest BCUT2D eigenvalue weighted by atomic mass is 10.0. The van der Waals surface area contributed by atoms with E-state index in [1.807, 2.05) is 54.6 Å². The van der Waals surface area contributed by atoms with Crippen molar-refractivity contribution in [3.63, 3.8) is 0 Å². The van der Waals surface area contributed by atoms with E-state index < -0.39 is 0 Å². The Bertz CT molecular complexity index is 620. The normalized spacial score (nSPS) is 10.4. The van der Waals surface area contributed by atoms with E-state index >= 15 is 0 Å². The third-order valence-electron chi connectivity index (χ3n) is 3.02. The molecule has 0 spiro atoms. The number of halogens is 1. The lowest BCUT2D eigenvalue weighted by molar-refractivity contribution is 1.33. The minimum absolute atomic E-state index is 0.743. The molecule has 0 aliphatic heterocycles. The maximum absolute atomic E-state index is 6.54. The van der Waals surface area contributed by atoms with Crippen molar-refractivity contribution in [1.82, 2.24) is 4.98 Å². The molecule has 0 N–H and O–H groups in total. The van der Waals surface area contributed by atoms with E-state index in [1.54, 1.807) is 6.20 Å². The fourth-order valence-corrected chi connectivity index (χ4v) is 2.42. The molecule has 0 bridgehead atoms. The van der Waals surface area contributed by atoms with Crippen molar-refractivity contribution in [3.8, 4) is 22.4 Å². The Morgan fingerprint density at radius 3 is 2.16 bits per heavy atom. The smallest absolute Gasteiger partial charge is 0.0717 e. The molecule has 0 saturated carbocycles. The van der Waals surface area contributed by atoms with Crippen LogP contribution >= 0.6 is 11.6 Å². The van der Waals surface area contributed by atoms with E-state index in [4.69, 9.17) is 11.6 Å². The fraction of sp³-hybridized carbons (Fsp3) is 0. The summed E-state index contributed by atoms with van der Waals surface area (Å²) < 4.78 is 0. The summed E-state index contributed by atoms with van der Waals surface area (Å²) in [5.74, 6) is 0. The molecule has 3 aromatic rings. The van der Waals surface area contributed by atoms with Gasteiger partial charge in [-0.05, 0) is 17.7 Å². The molecular formula is C17H12ClN. The second-order valence-electron chi connectivity index (χ2n) is 4.25. The van der Waals surface area contributed by atoms with Crippen LogP contribution in [0.3, 0.4) is 0 Å². The molecule has 19 heavy (non-hydrogen) atoms. The van der Waals surface area contributed by atoms with Crippen molar-refractivity contribution < 1.29 is 0 Å². The van der Waals surface area contributed by atoms with Crippen LogP contribution in [0.2, 0.25) is 5.02 Å². The lowest BCUT2D eigenvalue weighted by Crippen LogP contribution is -1.86. The second kappa shape index (κ2) is 5.25. The van der Waals surface area contributed by atoms with Gasteiger partial charge in [-0.1, -0.05) is 66.2 Å². The van der Waals surface area contributed by atoms with E-state index in [0.717, 1.165) is 27.4 Å². The Labute approximate surface area is 117 Å². The average molecular weight is 266 g/mol. The Hall–Kier alpha value is -2.12. The standard InChI is InChI=1S/C17H12ClN/c18-17-14(13-7-2-1-3-8-13)9-6-10-15(17)16-11-4-5-12-19-16/h1-12H. The van der Waals surface area contributed by atoms with Crippen LogP contribution in [0.1, 0.15) is 0 Å². The molecule has 1 heterocycles. The second-order valence-corrected chi connectivity index (χ2v) is 4.63. The van der Waals surface area contributed by atoms with Crippen LogP contribution in [0.5, 0.6) is 0 Å². The van der Waals surface area contributed by atoms with Crippen LogP contribution in [0.25, 0.3) is 22.4 Å². The largest absolute Gasteiger partial charge is 0.256 e. The van der Waals surface area contributed by atoms with Crippen molar-refractivity contribution in [1.29, 1.82) is 0 Å². The summed E-state index contributed by atoms with van der Waals surface area (Å²) in [4.78, 5) is 4.36. The SMILES string of the molecule is Clc1c(-c2ccccc2)cccc1-c1ccccn1. The number of nitrogens with zero attached hydrogens (tertiary/aromatic N) is 1. The van der Waals surface area contributed by atoms with Crippen LogP contribution < -0.4 is 0 Å². The maximum atomic E-state index is 6.54. The van der Waals surface area contributed by atoms with Crippen LogP contribution in [0.4, 0.5) is 0 Å². The number of aromatic nitrogens is 1. The van der Waals surface area contributed by atoms with Crippen molar-refractivity contribution >= 4 is 11.6 Å². The predicted molar refractivity (Wildman–Crippen MR) is 80.1 cm³/mol. The third kappa shape index (κ3) is 2.38. The van der Waals surface area contributed by atoms with Gasteiger partial charge in [0.25, 0.3) is 0 Å². The van der Waals surface area contributed by atoms with Crippen molar-refractivity contribution in [2.75, 3.05) is 0 Å². The van der Waals surface area contributed by atoms with Crippen LogP contribution in [-0.4, -0.2) is 4.98 Å². The van der Waals surface area contributed by atoms with Gasteiger partial charge in [-0.2, -0.15) is 0 Å². The van der Waals surface area contributed by atoms with Gasteiger partial charge >= 0.3 is 0 Å². The van der Waals surface area contributed by atoms with Gasteiger partial charge in [0.15, 0.2) is 0 Å². The summed E-state index contributed by atoms with van der Waals surface area (Å²) in [6.45, 7) is 0. The number of hydrogen-bond acceptors (Lipinski definition) is 1. The van der Waals surface area contributed by atoms with Gasteiger partial charge < -0.3 is 0 Å². The lowest BCUT2D eigenvalue weighted by Gasteiger charge is -2.09. The molecule has 3 rings (SSSR count). The zero-order valence-corrected chi connectivity index (χ0v) is 11.0. The molecule has 92 valence electrons. The third-order valence-corrected chi connectivity index (χ3v) is 3.43. The first-order valence-electron chi connectivity index (χ1n) is 6.11. The highest BCUT2D eigenvalue weighted by atomic mass is 35.5. The molecule has 2 heteroatoms. The van der Waals surface area contributed by atoms with Gasteiger partial charge in [0, 0.05) is 17.3 Å². The summed E-state index contributed by atoms with van der Waals surface area (Å²) in [5.41, 5.74) is 4.00. The van der Waals surface area contributed by atoms with Gasteiger partial charge in [-0.25, -0.2) is 0 Å². The van der Waals surface area contributed by atoms with E-state index in [0.29, 0.717) is 0 Å². The van der Waals surface area contributed by atoms with Crippen LogP contribution in [0, 0.1) is 0 Å². The van der Waals surface area contributed by atoms with E-state index in [9.17, 15) is 0 Å². The quantitative estimate of drug-likeness (QED) is 0.630. The molecule has 1 nitrogen and oxygen atoms in total. The summed E-state index contributed by atoms with van der Waals surface area (Å²) in [5, 5.41) is 0.743. The number of benzene rings is 2. The molecule has 0 unspecified atom stereocenters. The summed E-state index contributed by atoms with van der Waals surface area (Å²) in [7, 11) is 0. The average Bonchev–Trinajstić information content (AvgIpc) is 2.49. The molecule has 0 saturated heterocycles. The number of hydrogen-bond donors (Lipinski definition) is 0. The monoisotopic (exact) mass is 265 g/mol. The molecule has 0 amide bonds. The minimum Gasteiger partial charge on any atom is -0.256 e. The molecule has 0 aliphatic carbocycles. The highest BCUT2D eigenvalue weighted by Crippen LogP contribution is 2.35. The van der Waals surface area contributed by atoms with E-state index in [2.05, 4.69) is 17.1 Å². The van der Waals surface area contributed by atoms with Gasteiger partial charge in [0.05, 0.1) is 10.7 Å². The van der Waals surface area contributed by atoms with Gasteiger partial charge in [-0.15, -0.1) is 0 Å². The first-order valence-corrected chi connectivity index (χ1v) is 6.49. The summed E-state index contributed by atoms with van der Waals surface area (Å²) in [6.07, 6.45) is 1.78. The summed E-state index contributed by atoms with van der Waals surface area (Å²) in [6, 6.07) is 22.0. The van der Waals surface area contributed by atoms with Crippen LogP contribution in [0.15, 0.2) is 72.9 Å². The Balaban J connectivity index is 2.15. The Morgan fingerprint density at radius 1 is 0.684 bits per heavy atom. The zero-order valence-electron chi connectivity index (χ0n) is 10.3. The Morgan fingerprint density at radius 2 is 1.42 bits per heavy atom. The molecule has 1 aromatic heterocycles. The predicted octanol–water partition coefficient (Wildman–Crippen LogP) is 5.07. The van der Waals surface area contributed by atoms with E-state index in [1.165, 1.54) is 0 Å². The highest BCUT2D eigenvalue weighted by molar-refractivity contribution is 6.36. The molecule has 0 aliphatic rings. The summed E-state index contributed by atoms with van der Waals surface area (Å²) >= 11 is 6.54. The van der Waals surface area contributed by atoms with Crippen molar-refractivity contribution in [3.05, 3.63) is 77.9 Å². The van der Waals surface area contributed by atoms with Crippen molar-refractivity contribution in [2.24, 2.45) is 0 Å². The first kappa shape index (κ1) is 11.9. The van der Waals surface area contributed by atoms with Crippen LogP contribution in [-0.2, 0) is 0 Å². The number of pyridine rings is 1. The fourth-order valence-electron chi connectivity index (χ4n) is 2.09. The topological polar surface area (TPSA) is 12.9 Å². The first-order chi connectivity index (χ1) is 9.36. The van der Waals surface area contributed by atoms with Gasteiger partial charge in [0.2, 0.25) is 0 Å². The molecular weight excluding hydrogens is 254 g/mol.